The molecule has 0 spiro atoms. The number of hydrogen-bond donors (Lipinski definition) is 0. The highest BCUT2D eigenvalue weighted by atomic mass is 16.5. The Kier molecular flexibility index (Phi) is 2.82. The van der Waals surface area contributed by atoms with E-state index in [2.05, 4.69) is 16.3 Å². The predicted octanol–water partition coefficient (Wildman–Crippen LogP) is 1.87. The van der Waals surface area contributed by atoms with E-state index in [4.69, 9.17) is 10.00 Å². The maximum atomic E-state index is 8.91. The van der Waals surface area contributed by atoms with Crippen LogP contribution in [0.1, 0.15) is 31.7 Å². The lowest BCUT2D eigenvalue weighted by molar-refractivity contribution is -0.00977. The normalized spacial score (nSPS) is 14.5. The highest BCUT2D eigenvalue weighted by Crippen LogP contribution is 2.26. The maximum Gasteiger partial charge on any atom is 0.169 e. The second kappa shape index (κ2) is 4.15. The molecular formula is C12H14N4O. The van der Waals surface area contributed by atoms with Gasteiger partial charge < -0.3 is 4.74 Å². The van der Waals surface area contributed by atoms with Crippen molar-refractivity contribution in [2.24, 2.45) is 0 Å². The molecule has 0 saturated heterocycles. The van der Waals surface area contributed by atoms with E-state index >= 15 is 0 Å². The molecule has 2 aromatic heterocycles. The summed E-state index contributed by atoms with van der Waals surface area (Å²) in [4.78, 5) is 0. The van der Waals surface area contributed by atoms with Crippen molar-refractivity contribution in [2.45, 2.75) is 25.9 Å². The van der Waals surface area contributed by atoms with Crippen LogP contribution < -0.4 is 0 Å². The van der Waals surface area contributed by atoms with E-state index in [1.807, 2.05) is 18.2 Å². The molecule has 0 radical (unpaired) electrons. The Balaban J connectivity index is 2.66. The number of nitrogens with zero attached hydrogens (tertiary/aromatic N) is 4. The molecule has 1 atom stereocenters. The largest absolute Gasteiger partial charge is 0.371 e. The van der Waals surface area contributed by atoms with Gasteiger partial charge in [-0.1, -0.05) is 6.92 Å². The fourth-order valence-corrected chi connectivity index (χ4v) is 1.71. The predicted molar refractivity (Wildman–Crippen MR) is 62.4 cm³/mol. The summed E-state index contributed by atoms with van der Waals surface area (Å²) in [5, 5.41) is 17.1. The summed E-state index contributed by atoms with van der Waals surface area (Å²) in [5.41, 5.74) is 0.803. The fraction of sp³-hybridized carbons (Fsp3) is 0.417. The van der Waals surface area contributed by atoms with Crippen LogP contribution in [0.15, 0.2) is 18.3 Å². The molecule has 0 bridgehead atoms. The van der Waals surface area contributed by atoms with Gasteiger partial charge in [-0.3, -0.25) is 4.40 Å². The standard InChI is InChI=1S/C12H14N4O/c1-4-12(2,17-3)11-15-14-10-6-5-9(7-13)8-16(10)11/h5-6,8H,4H2,1-3H3. The van der Waals surface area contributed by atoms with Gasteiger partial charge in [0.2, 0.25) is 0 Å². The van der Waals surface area contributed by atoms with Crippen molar-refractivity contribution in [1.82, 2.24) is 14.6 Å². The van der Waals surface area contributed by atoms with Gasteiger partial charge >= 0.3 is 0 Å². The van der Waals surface area contributed by atoms with Crippen molar-refractivity contribution in [3.05, 3.63) is 29.7 Å². The minimum absolute atomic E-state index is 0.493. The van der Waals surface area contributed by atoms with Gasteiger partial charge in [0.15, 0.2) is 11.5 Å². The zero-order valence-electron chi connectivity index (χ0n) is 10.1. The summed E-state index contributed by atoms with van der Waals surface area (Å²) >= 11 is 0. The van der Waals surface area contributed by atoms with Crippen molar-refractivity contribution < 1.29 is 4.74 Å². The Morgan fingerprint density at radius 3 is 2.82 bits per heavy atom. The van der Waals surface area contributed by atoms with E-state index in [0.717, 1.165) is 17.9 Å². The van der Waals surface area contributed by atoms with Crippen LogP contribution in [0.2, 0.25) is 0 Å². The zero-order chi connectivity index (χ0) is 12.5. The van der Waals surface area contributed by atoms with Gasteiger partial charge in [-0.05, 0) is 25.5 Å². The molecule has 0 amide bonds. The lowest BCUT2D eigenvalue weighted by atomic mass is 10.0. The molecule has 0 fully saturated rings. The number of hydrogen-bond acceptors (Lipinski definition) is 4. The van der Waals surface area contributed by atoms with Crippen molar-refractivity contribution in [2.75, 3.05) is 7.11 Å². The van der Waals surface area contributed by atoms with Crippen LogP contribution in [0.25, 0.3) is 5.65 Å². The van der Waals surface area contributed by atoms with Crippen LogP contribution in [-0.4, -0.2) is 21.7 Å². The number of pyridine rings is 1. The summed E-state index contributed by atoms with van der Waals surface area (Å²) in [7, 11) is 1.65. The molecule has 2 aromatic rings. The van der Waals surface area contributed by atoms with Crippen LogP contribution >= 0.6 is 0 Å². The summed E-state index contributed by atoms with van der Waals surface area (Å²) in [6.45, 7) is 3.99. The third kappa shape index (κ3) is 1.77. The van der Waals surface area contributed by atoms with Gasteiger partial charge in [0.1, 0.15) is 11.7 Å². The number of rotatable bonds is 3. The monoisotopic (exact) mass is 230 g/mol. The molecule has 0 N–H and O–H groups in total. The first-order valence-electron chi connectivity index (χ1n) is 5.45. The van der Waals surface area contributed by atoms with Crippen LogP contribution in [-0.2, 0) is 10.3 Å². The second-order valence-electron chi connectivity index (χ2n) is 4.07. The minimum Gasteiger partial charge on any atom is -0.371 e. The first-order chi connectivity index (χ1) is 8.14. The maximum absolute atomic E-state index is 8.91. The molecule has 0 aliphatic rings. The number of aromatic nitrogens is 3. The Morgan fingerprint density at radius 1 is 1.47 bits per heavy atom. The summed E-state index contributed by atoms with van der Waals surface area (Å²) < 4.78 is 7.32. The molecule has 2 heterocycles. The van der Waals surface area contributed by atoms with E-state index in [9.17, 15) is 0 Å². The SMILES string of the molecule is CCC(C)(OC)c1nnc2ccc(C#N)cn12. The molecule has 17 heavy (non-hydrogen) atoms. The quantitative estimate of drug-likeness (QED) is 0.807. The molecule has 1 unspecified atom stereocenters. The number of methoxy groups -OCH3 is 1. The van der Waals surface area contributed by atoms with Crippen molar-refractivity contribution in [3.63, 3.8) is 0 Å². The second-order valence-corrected chi connectivity index (χ2v) is 4.07. The Labute approximate surface area is 99.7 Å². The molecule has 5 nitrogen and oxygen atoms in total. The summed E-state index contributed by atoms with van der Waals surface area (Å²) in [5.74, 6) is 0.717. The molecule has 5 heteroatoms. The number of fused-ring (bicyclic) bond motifs is 1. The van der Waals surface area contributed by atoms with E-state index in [1.165, 1.54) is 0 Å². The Hall–Kier alpha value is -1.93. The highest BCUT2D eigenvalue weighted by molar-refractivity contribution is 5.43. The molecular weight excluding hydrogens is 216 g/mol. The van der Waals surface area contributed by atoms with Crippen molar-refractivity contribution in [1.29, 1.82) is 5.26 Å². The smallest absolute Gasteiger partial charge is 0.169 e. The highest BCUT2D eigenvalue weighted by Gasteiger charge is 2.29. The molecule has 2 rings (SSSR count). The molecule has 0 aromatic carbocycles. The average molecular weight is 230 g/mol. The van der Waals surface area contributed by atoms with Crippen LogP contribution in [0, 0.1) is 11.3 Å². The molecule has 0 saturated carbocycles. The fourth-order valence-electron chi connectivity index (χ4n) is 1.71. The lowest BCUT2D eigenvalue weighted by Gasteiger charge is -2.24. The van der Waals surface area contributed by atoms with Crippen LogP contribution in [0.5, 0.6) is 0 Å². The van der Waals surface area contributed by atoms with Gasteiger partial charge in [0, 0.05) is 13.3 Å². The zero-order valence-corrected chi connectivity index (χ0v) is 10.1. The van der Waals surface area contributed by atoms with E-state index in [1.54, 1.807) is 25.4 Å². The van der Waals surface area contributed by atoms with E-state index in [0.29, 0.717) is 5.56 Å². The summed E-state index contributed by atoms with van der Waals surface area (Å²) in [6.07, 6.45) is 2.51. The Bertz CT molecular complexity index is 578. The van der Waals surface area contributed by atoms with Gasteiger partial charge in [-0.2, -0.15) is 5.26 Å². The summed E-state index contributed by atoms with van der Waals surface area (Å²) in [6, 6.07) is 5.61. The van der Waals surface area contributed by atoms with Gasteiger partial charge in [0.05, 0.1) is 5.56 Å². The van der Waals surface area contributed by atoms with Gasteiger partial charge in [-0.15, -0.1) is 10.2 Å². The first-order valence-corrected chi connectivity index (χ1v) is 5.45. The molecule has 0 aliphatic carbocycles. The first kappa shape index (κ1) is 11.6. The van der Waals surface area contributed by atoms with Crippen molar-refractivity contribution in [3.8, 4) is 6.07 Å². The van der Waals surface area contributed by atoms with Crippen LogP contribution in [0.4, 0.5) is 0 Å². The van der Waals surface area contributed by atoms with Gasteiger partial charge in [0.25, 0.3) is 0 Å². The van der Waals surface area contributed by atoms with Gasteiger partial charge in [-0.25, -0.2) is 0 Å². The third-order valence-corrected chi connectivity index (χ3v) is 3.13. The lowest BCUT2D eigenvalue weighted by Crippen LogP contribution is -2.26. The minimum atomic E-state index is -0.493. The van der Waals surface area contributed by atoms with E-state index in [-0.39, 0.29) is 0 Å². The average Bonchev–Trinajstić information content (AvgIpc) is 2.81. The van der Waals surface area contributed by atoms with Crippen LogP contribution in [0.3, 0.4) is 0 Å². The number of nitriles is 1. The molecule has 0 aliphatic heterocycles. The van der Waals surface area contributed by atoms with Crippen molar-refractivity contribution >= 4 is 5.65 Å². The topological polar surface area (TPSA) is 63.2 Å². The Morgan fingerprint density at radius 2 is 2.24 bits per heavy atom. The third-order valence-electron chi connectivity index (χ3n) is 3.13. The number of ether oxygens (including phenoxy) is 1. The van der Waals surface area contributed by atoms with E-state index < -0.39 is 5.60 Å². The molecule has 88 valence electrons.